The number of nitrogens with one attached hydrogen (secondary N) is 1. The van der Waals surface area contributed by atoms with Crippen LogP contribution in [-0.2, 0) is 16.6 Å². The zero-order chi connectivity index (χ0) is 17.2. The van der Waals surface area contributed by atoms with Gasteiger partial charge < -0.3 is 14.8 Å². The Morgan fingerprint density at radius 1 is 1.04 bits per heavy atom. The summed E-state index contributed by atoms with van der Waals surface area (Å²) in [5.41, 5.74) is 2.87. The number of hydrogen-bond donors (Lipinski definition) is 1. The summed E-state index contributed by atoms with van der Waals surface area (Å²) in [6, 6.07) is 13.6. The Bertz CT molecular complexity index is 747. The third kappa shape index (κ3) is 3.70. The fourth-order valence-corrected chi connectivity index (χ4v) is 2.82. The average Bonchev–Trinajstić information content (AvgIpc) is 2.54. The van der Waals surface area contributed by atoms with Crippen molar-refractivity contribution in [1.82, 2.24) is 0 Å². The topological polar surface area (TPSA) is 47.6 Å². The number of amides is 1. The highest BCUT2D eigenvalue weighted by Crippen LogP contribution is 2.32. The van der Waals surface area contributed by atoms with Gasteiger partial charge in [-0.05, 0) is 34.7 Å². The molecule has 2 aromatic rings. The van der Waals surface area contributed by atoms with Crippen molar-refractivity contribution >= 4 is 11.6 Å². The minimum Gasteiger partial charge on any atom is -0.486 e. The van der Waals surface area contributed by atoms with E-state index in [9.17, 15) is 4.79 Å². The average molecular weight is 325 g/mol. The number of hydrogen-bond acceptors (Lipinski definition) is 3. The minimum atomic E-state index is -0.0385. The number of anilines is 1. The van der Waals surface area contributed by atoms with Gasteiger partial charge in [-0.1, -0.05) is 45.0 Å². The first-order chi connectivity index (χ1) is 11.4. The Balaban J connectivity index is 1.73. The van der Waals surface area contributed by atoms with Crippen LogP contribution in [0.15, 0.2) is 42.5 Å². The number of rotatable bonds is 3. The van der Waals surface area contributed by atoms with Gasteiger partial charge in [-0.25, -0.2) is 0 Å². The van der Waals surface area contributed by atoms with Gasteiger partial charge in [0.05, 0.1) is 6.42 Å². The van der Waals surface area contributed by atoms with Gasteiger partial charge in [0.1, 0.15) is 13.2 Å². The molecule has 4 heteroatoms. The number of fused-ring (bicyclic) bond motifs is 1. The molecule has 0 aliphatic carbocycles. The molecule has 0 fully saturated rings. The summed E-state index contributed by atoms with van der Waals surface area (Å²) < 4.78 is 11.1. The fourth-order valence-electron chi connectivity index (χ4n) is 2.82. The van der Waals surface area contributed by atoms with Crippen LogP contribution in [0.5, 0.6) is 11.5 Å². The molecule has 4 nitrogen and oxygen atoms in total. The molecule has 1 aliphatic rings. The monoisotopic (exact) mass is 325 g/mol. The molecule has 0 spiro atoms. The molecule has 0 aromatic heterocycles. The molecule has 1 aliphatic heterocycles. The van der Waals surface area contributed by atoms with Crippen LogP contribution in [0.2, 0.25) is 0 Å². The molecule has 0 bridgehead atoms. The predicted molar refractivity (Wildman–Crippen MR) is 94.9 cm³/mol. The molecule has 0 saturated carbocycles. The van der Waals surface area contributed by atoms with E-state index in [-0.39, 0.29) is 11.3 Å². The quantitative estimate of drug-likeness (QED) is 0.930. The third-order valence-corrected chi connectivity index (χ3v) is 3.98. The smallest absolute Gasteiger partial charge is 0.228 e. The van der Waals surface area contributed by atoms with Crippen LogP contribution in [0.25, 0.3) is 0 Å². The molecule has 0 unspecified atom stereocenters. The van der Waals surface area contributed by atoms with Crippen molar-refractivity contribution in [2.75, 3.05) is 18.5 Å². The Hall–Kier alpha value is -2.49. The molecular formula is C20H23NO3. The van der Waals surface area contributed by atoms with Gasteiger partial charge >= 0.3 is 0 Å². The van der Waals surface area contributed by atoms with Crippen molar-refractivity contribution in [1.29, 1.82) is 0 Å². The first-order valence-corrected chi connectivity index (χ1v) is 8.21. The minimum absolute atomic E-state index is 0.0269. The number of carbonyl (C=O) groups excluding carboxylic acids is 1. The van der Waals surface area contributed by atoms with Crippen molar-refractivity contribution in [3.8, 4) is 11.5 Å². The van der Waals surface area contributed by atoms with Gasteiger partial charge in [-0.2, -0.15) is 0 Å². The van der Waals surface area contributed by atoms with E-state index in [0.29, 0.717) is 25.4 Å². The van der Waals surface area contributed by atoms with E-state index in [0.717, 1.165) is 22.6 Å². The molecule has 24 heavy (non-hydrogen) atoms. The summed E-state index contributed by atoms with van der Waals surface area (Å²) in [7, 11) is 0. The van der Waals surface area contributed by atoms with Crippen LogP contribution < -0.4 is 14.8 Å². The lowest BCUT2D eigenvalue weighted by atomic mass is 9.86. The summed E-state index contributed by atoms with van der Waals surface area (Å²) in [6.45, 7) is 7.52. The van der Waals surface area contributed by atoms with E-state index >= 15 is 0 Å². The zero-order valence-corrected chi connectivity index (χ0v) is 14.4. The van der Waals surface area contributed by atoms with E-state index < -0.39 is 0 Å². The van der Waals surface area contributed by atoms with Crippen molar-refractivity contribution in [3.05, 3.63) is 53.6 Å². The highest BCUT2D eigenvalue weighted by molar-refractivity contribution is 5.93. The Morgan fingerprint density at radius 2 is 1.75 bits per heavy atom. The molecule has 0 saturated heterocycles. The van der Waals surface area contributed by atoms with Crippen molar-refractivity contribution in [3.63, 3.8) is 0 Å². The Kier molecular flexibility index (Phi) is 4.47. The van der Waals surface area contributed by atoms with E-state index in [1.54, 1.807) is 0 Å². The third-order valence-electron chi connectivity index (χ3n) is 3.98. The summed E-state index contributed by atoms with van der Waals surface area (Å²) in [5, 5.41) is 3.03. The van der Waals surface area contributed by atoms with Gasteiger partial charge in [-0.3, -0.25) is 4.79 Å². The SMILES string of the molecule is CC(C)(C)c1ccccc1NC(=O)Cc1ccc2c(c1)OCCO2. The number of benzene rings is 2. The summed E-state index contributed by atoms with van der Waals surface area (Å²) in [6.07, 6.45) is 0.301. The fraction of sp³-hybridized carbons (Fsp3) is 0.350. The zero-order valence-electron chi connectivity index (χ0n) is 14.4. The van der Waals surface area contributed by atoms with Crippen LogP contribution in [-0.4, -0.2) is 19.1 Å². The molecule has 1 heterocycles. The summed E-state index contributed by atoms with van der Waals surface area (Å²) in [4.78, 5) is 12.4. The molecule has 0 radical (unpaired) electrons. The molecule has 3 rings (SSSR count). The maximum absolute atomic E-state index is 12.4. The maximum Gasteiger partial charge on any atom is 0.228 e. The Labute approximate surface area is 142 Å². The van der Waals surface area contributed by atoms with E-state index in [4.69, 9.17) is 9.47 Å². The first kappa shape index (κ1) is 16.4. The lowest BCUT2D eigenvalue weighted by Crippen LogP contribution is -2.20. The molecule has 2 aromatic carbocycles. The largest absolute Gasteiger partial charge is 0.486 e. The molecular weight excluding hydrogens is 302 g/mol. The van der Waals surface area contributed by atoms with Crippen molar-refractivity contribution < 1.29 is 14.3 Å². The van der Waals surface area contributed by atoms with Gasteiger partial charge in [0, 0.05) is 5.69 Å². The number of carbonyl (C=O) groups is 1. The first-order valence-electron chi connectivity index (χ1n) is 8.21. The summed E-state index contributed by atoms with van der Waals surface area (Å²) >= 11 is 0. The lowest BCUT2D eigenvalue weighted by Gasteiger charge is -2.23. The number of ether oxygens (including phenoxy) is 2. The van der Waals surface area contributed by atoms with Crippen molar-refractivity contribution in [2.24, 2.45) is 0 Å². The summed E-state index contributed by atoms with van der Waals surface area (Å²) in [5.74, 6) is 1.41. The van der Waals surface area contributed by atoms with E-state index in [1.165, 1.54) is 0 Å². The predicted octanol–water partition coefficient (Wildman–Crippen LogP) is 3.94. The van der Waals surface area contributed by atoms with Gasteiger partial charge in [-0.15, -0.1) is 0 Å². The lowest BCUT2D eigenvalue weighted by molar-refractivity contribution is -0.115. The normalized spacial score (nSPS) is 13.5. The second-order valence-electron chi connectivity index (χ2n) is 7.00. The molecule has 1 N–H and O–H groups in total. The van der Waals surface area contributed by atoms with Gasteiger partial charge in [0.25, 0.3) is 0 Å². The van der Waals surface area contributed by atoms with E-state index in [2.05, 4.69) is 32.2 Å². The maximum atomic E-state index is 12.4. The molecule has 126 valence electrons. The number of para-hydroxylation sites is 1. The highest BCUT2D eigenvalue weighted by atomic mass is 16.6. The standard InChI is InChI=1S/C20H23NO3/c1-20(2,3)15-6-4-5-7-16(15)21-19(22)13-14-8-9-17-18(12-14)24-11-10-23-17/h4-9,12H,10-11,13H2,1-3H3,(H,21,22). The second-order valence-corrected chi connectivity index (χ2v) is 7.00. The van der Waals surface area contributed by atoms with Crippen LogP contribution in [0.4, 0.5) is 5.69 Å². The molecule has 0 atom stereocenters. The van der Waals surface area contributed by atoms with Gasteiger partial charge in [0.15, 0.2) is 11.5 Å². The highest BCUT2D eigenvalue weighted by Gasteiger charge is 2.19. The van der Waals surface area contributed by atoms with Crippen LogP contribution in [0.1, 0.15) is 31.9 Å². The van der Waals surface area contributed by atoms with Gasteiger partial charge in [0.2, 0.25) is 5.91 Å². The van der Waals surface area contributed by atoms with E-state index in [1.807, 2.05) is 36.4 Å². The second kappa shape index (κ2) is 6.56. The van der Waals surface area contributed by atoms with Crippen LogP contribution >= 0.6 is 0 Å². The van der Waals surface area contributed by atoms with Crippen LogP contribution in [0, 0.1) is 0 Å². The Morgan fingerprint density at radius 3 is 2.50 bits per heavy atom. The van der Waals surface area contributed by atoms with Crippen LogP contribution in [0.3, 0.4) is 0 Å². The van der Waals surface area contributed by atoms with Crippen molar-refractivity contribution in [2.45, 2.75) is 32.6 Å². The molecule has 1 amide bonds.